The van der Waals surface area contributed by atoms with Crippen LogP contribution in [0.5, 0.6) is 0 Å². The molecule has 2 fully saturated rings. The van der Waals surface area contributed by atoms with Gasteiger partial charge in [0.15, 0.2) is 0 Å². The maximum Gasteiger partial charge on any atom is 0.320 e. The number of rotatable bonds is 2. The molecule has 0 unspecified atom stereocenters. The second-order valence-electron chi connectivity index (χ2n) is 3.97. The molecule has 0 amide bonds. The Bertz CT molecular complexity index is 247. The number of hydrogen-bond donors (Lipinski definition) is 4. The van der Waals surface area contributed by atoms with E-state index in [9.17, 15) is 9.59 Å². The first-order valence-electron chi connectivity index (χ1n) is 5.53. The van der Waals surface area contributed by atoms with Crippen LogP contribution in [0.25, 0.3) is 0 Å². The summed E-state index contributed by atoms with van der Waals surface area (Å²) >= 11 is 0. The molecule has 0 aromatic rings. The van der Waals surface area contributed by atoms with E-state index >= 15 is 0 Å². The highest BCUT2D eigenvalue weighted by Crippen LogP contribution is 2.05. The van der Waals surface area contributed by atoms with E-state index in [2.05, 4.69) is 10.6 Å². The smallest absolute Gasteiger partial charge is 0.320 e. The Morgan fingerprint density at radius 1 is 0.875 bits per heavy atom. The van der Waals surface area contributed by atoms with Crippen LogP contribution >= 0.6 is 0 Å². The summed E-state index contributed by atoms with van der Waals surface area (Å²) in [5.41, 5.74) is 0. The lowest BCUT2D eigenvalue weighted by atomic mass is 10.1. The minimum Gasteiger partial charge on any atom is -0.480 e. The van der Waals surface area contributed by atoms with Crippen LogP contribution in [0.1, 0.15) is 25.7 Å². The van der Waals surface area contributed by atoms with E-state index in [0.717, 1.165) is 38.8 Å². The molecule has 0 aromatic carbocycles. The summed E-state index contributed by atoms with van der Waals surface area (Å²) in [6.45, 7) is 1.72. The molecule has 0 aliphatic carbocycles. The standard InChI is InChI=1S/C6H11NO2.C4H7NO2/c8-6(9)5-3-1-2-4-7-5;6-4(7)3-1-2-5-3/h5,7H,1-4H2,(H,8,9);3,5H,1-2H2,(H,6,7)/t5-;3-/m00/s1. The van der Waals surface area contributed by atoms with E-state index < -0.39 is 11.9 Å². The number of aliphatic carboxylic acids is 2. The quantitative estimate of drug-likeness (QED) is 0.517. The van der Waals surface area contributed by atoms with Crippen molar-refractivity contribution in [3.05, 3.63) is 0 Å². The fraction of sp³-hybridized carbons (Fsp3) is 0.800. The van der Waals surface area contributed by atoms with Crippen LogP contribution in [-0.2, 0) is 9.59 Å². The highest BCUT2D eigenvalue weighted by Gasteiger charge is 2.22. The molecule has 0 spiro atoms. The fourth-order valence-electron chi connectivity index (χ4n) is 1.56. The van der Waals surface area contributed by atoms with Gasteiger partial charge in [-0.15, -0.1) is 0 Å². The molecule has 2 rings (SSSR count). The number of carboxylic acid groups (broad SMARTS) is 2. The third-order valence-electron chi connectivity index (χ3n) is 2.73. The molecular formula is C10H18N2O4. The van der Waals surface area contributed by atoms with Crippen LogP contribution in [0.3, 0.4) is 0 Å². The Hall–Kier alpha value is -1.14. The van der Waals surface area contributed by atoms with Crippen molar-refractivity contribution in [3.8, 4) is 0 Å². The average molecular weight is 230 g/mol. The van der Waals surface area contributed by atoms with Gasteiger partial charge < -0.3 is 20.8 Å². The molecule has 0 aromatic heterocycles. The van der Waals surface area contributed by atoms with Gasteiger partial charge in [0.05, 0.1) is 0 Å². The maximum absolute atomic E-state index is 10.3. The molecular weight excluding hydrogens is 212 g/mol. The molecule has 16 heavy (non-hydrogen) atoms. The van der Waals surface area contributed by atoms with Crippen molar-refractivity contribution in [1.82, 2.24) is 10.6 Å². The Kier molecular flexibility index (Phi) is 5.21. The third kappa shape index (κ3) is 4.16. The largest absolute Gasteiger partial charge is 0.480 e. The number of hydrogen-bond acceptors (Lipinski definition) is 4. The molecule has 6 heteroatoms. The van der Waals surface area contributed by atoms with Gasteiger partial charge in [-0.05, 0) is 32.4 Å². The maximum atomic E-state index is 10.3. The number of carbonyl (C=O) groups is 2. The van der Waals surface area contributed by atoms with Gasteiger partial charge in [-0.1, -0.05) is 6.42 Å². The van der Waals surface area contributed by atoms with E-state index in [1.54, 1.807) is 0 Å². The van der Waals surface area contributed by atoms with Gasteiger partial charge in [0.2, 0.25) is 0 Å². The Morgan fingerprint density at radius 2 is 1.38 bits per heavy atom. The lowest BCUT2D eigenvalue weighted by Crippen LogP contribution is -2.48. The lowest BCUT2D eigenvalue weighted by Gasteiger charge is -2.22. The molecule has 0 bridgehead atoms. The van der Waals surface area contributed by atoms with Gasteiger partial charge in [-0.25, -0.2) is 0 Å². The highest BCUT2D eigenvalue weighted by atomic mass is 16.4. The van der Waals surface area contributed by atoms with E-state index in [1.165, 1.54) is 0 Å². The molecule has 0 saturated carbocycles. The van der Waals surface area contributed by atoms with Crippen molar-refractivity contribution in [3.63, 3.8) is 0 Å². The molecule has 92 valence electrons. The molecule has 2 atom stereocenters. The second-order valence-corrected chi connectivity index (χ2v) is 3.97. The summed E-state index contributed by atoms with van der Waals surface area (Å²) in [4.78, 5) is 20.2. The second kappa shape index (κ2) is 6.44. The Balaban J connectivity index is 0.000000165. The first-order valence-corrected chi connectivity index (χ1v) is 5.53. The van der Waals surface area contributed by atoms with Gasteiger partial charge in [0, 0.05) is 0 Å². The van der Waals surface area contributed by atoms with Gasteiger partial charge in [0.1, 0.15) is 12.1 Å². The van der Waals surface area contributed by atoms with Crippen LogP contribution < -0.4 is 10.6 Å². The number of nitrogens with one attached hydrogen (secondary N) is 2. The van der Waals surface area contributed by atoms with E-state index in [-0.39, 0.29) is 12.1 Å². The predicted molar refractivity (Wildman–Crippen MR) is 57.3 cm³/mol. The van der Waals surface area contributed by atoms with Gasteiger partial charge in [-0.3, -0.25) is 9.59 Å². The SMILES string of the molecule is O=C(O)[C@@H]1CCCCN1.O=C(O)[C@@H]1CCN1. The summed E-state index contributed by atoms with van der Waals surface area (Å²) in [7, 11) is 0. The van der Waals surface area contributed by atoms with Crippen LogP contribution in [-0.4, -0.2) is 47.3 Å². The van der Waals surface area contributed by atoms with Gasteiger partial charge in [-0.2, -0.15) is 0 Å². The summed E-state index contributed by atoms with van der Waals surface area (Å²) in [6.07, 6.45) is 3.73. The third-order valence-corrected chi connectivity index (χ3v) is 2.73. The van der Waals surface area contributed by atoms with Crippen LogP contribution in [0.15, 0.2) is 0 Å². The minimum atomic E-state index is -0.730. The molecule has 2 aliphatic rings. The first kappa shape index (κ1) is 12.9. The monoisotopic (exact) mass is 230 g/mol. The molecule has 2 aliphatic heterocycles. The zero-order chi connectivity index (χ0) is 12.0. The highest BCUT2D eigenvalue weighted by molar-refractivity contribution is 5.74. The summed E-state index contributed by atoms with van der Waals surface area (Å²) in [5, 5.41) is 22.3. The van der Waals surface area contributed by atoms with E-state index in [1.807, 2.05) is 0 Å². The first-order chi connectivity index (χ1) is 7.61. The van der Waals surface area contributed by atoms with E-state index in [0.29, 0.717) is 0 Å². The molecule has 0 radical (unpaired) electrons. The number of carboxylic acids is 2. The Morgan fingerprint density at radius 3 is 1.56 bits per heavy atom. The predicted octanol–water partition coefficient (Wildman–Crippen LogP) is -0.354. The molecule has 2 saturated heterocycles. The average Bonchev–Trinajstić information content (AvgIpc) is 2.16. The lowest BCUT2D eigenvalue weighted by molar-refractivity contribution is -0.141. The minimum absolute atomic E-state index is 0.250. The zero-order valence-corrected chi connectivity index (χ0v) is 9.11. The van der Waals surface area contributed by atoms with Gasteiger partial charge >= 0.3 is 11.9 Å². The van der Waals surface area contributed by atoms with Crippen LogP contribution in [0.4, 0.5) is 0 Å². The van der Waals surface area contributed by atoms with Crippen molar-refractivity contribution in [2.75, 3.05) is 13.1 Å². The summed E-state index contributed by atoms with van der Waals surface area (Å²) in [5.74, 6) is -1.44. The zero-order valence-electron chi connectivity index (χ0n) is 9.11. The van der Waals surface area contributed by atoms with Crippen molar-refractivity contribution < 1.29 is 19.8 Å². The van der Waals surface area contributed by atoms with E-state index in [4.69, 9.17) is 10.2 Å². The van der Waals surface area contributed by atoms with Crippen molar-refractivity contribution in [1.29, 1.82) is 0 Å². The topological polar surface area (TPSA) is 98.7 Å². The van der Waals surface area contributed by atoms with Crippen molar-refractivity contribution >= 4 is 11.9 Å². The molecule has 4 N–H and O–H groups in total. The fourth-order valence-corrected chi connectivity index (χ4v) is 1.56. The van der Waals surface area contributed by atoms with Crippen LogP contribution in [0.2, 0.25) is 0 Å². The van der Waals surface area contributed by atoms with Gasteiger partial charge in [0.25, 0.3) is 0 Å². The molecule has 6 nitrogen and oxygen atoms in total. The molecule has 2 heterocycles. The van der Waals surface area contributed by atoms with Crippen LogP contribution in [0, 0.1) is 0 Å². The summed E-state index contributed by atoms with van der Waals surface area (Å²) in [6, 6.07) is -0.529. The van der Waals surface area contributed by atoms with Crippen molar-refractivity contribution in [2.45, 2.75) is 37.8 Å². The number of piperidine rings is 1. The summed E-state index contributed by atoms with van der Waals surface area (Å²) < 4.78 is 0. The Labute approximate surface area is 94.0 Å². The normalized spacial score (nSPS) is 28.2. The van der Waals surface area contributed by atoms with Crippen molar-refractivity contribution in [2.24, 2.45) is 0 Å².